The molecule has 2 rings (SSSR count). The Morgan fingerprint density at radius 2 is 2.22 bits per heavy atom. The number of nitrogens with zero attached hydrogens (tertiary/aromatic N) is 1. The first-order chi connectivity index (χ1) is 8.70. The van der Waals surface area contributed by atoms with Crippen LogP contribution in [0.5, 0.6) is 0 Å². The second-order valence-electron chi connectivity index (χ2n) is 4.70. The molecule has 18 heavy (non-hydrogen) atoms. The number of amides is 1. The van der Waals surface area contributed by atoms with E-state index in [-0.39, 0.29) is 12.5 Å². The van der Waals surface area contributed by atoms with Gasteiger partial charge in [-0.2, -0.15) is 0 Å². The second-order valence-corrected chi connectivity index (χ2v) is 4.70. The summed E-state index contributed by atoms with van der Waals surface area (Å²) >= 11 is 0. The van der Waals surface area contributed by atoms with E-state index in [0.29, 0.717) is 18.9 Å². The number of hydrogen-bond donors (Lipinski definition) is 1. The average molecular weight is 243 g/mol. The van der Waals surface area contributed by atoms with Gasteiger partial charge in [0, 0.05) is 25.1 Å². The Hall–Kier alpha value is -1.79. The van der Waals surface area contributed by atoms with Crippen molar-refractivity contribution >= 4 is 5.91 Å². The highest BCUT2D eigenvalue weighted by Crippen LogP contribution is 2.20. The minimum Gasteiger partial charge on any atom is -0.384 e. The van der Waals surface area contributed by atoms with E-state index >= 15 is 0 Å². The van der Waals surface area contributed by atoms with Gasteiger partial charge in [0.05, 0.1) is 0 Å². The minimum absolute atomic E-state index is 0.145. The van der Waals surface area contributed by atoms with Gasteiger partial charge in [-0.3, -0.25) is 4.79 Å². The number of benzene rings is 1. The Morgan fingerprint density at radius 3 is 2.89 bits per heavy atom. The Bertz CT molecular complexity index is 499. The number of carbonyl (C=O) groups excluding carboxylic acids is 1. The molecule has 1 aromatic rings. The summed E-state index contributed by atoms with van der Waals surface area (Å²) in [6.45, 7) is 3.38. The van der Waals surface area contributed by atoms with E-state index < -0.39 is 0 Å². The molecule has 0 saturated carbocycles. The molecule has 1 heterocycles. The van der Waals surface area contributed by atoms with E-state index in [9.17, 15) is 4.79 Å². The standard InChI is InChI=1S/C15H17NO2/c1-12-9-15(18)16(10-12)11-14-6-3-2-5-13(14)7-4-8-17/h2-3,5-6,12,17H,8-11H2,1H3. The largest absolute Gasteiger partial charge is 0.384 e. The normalized spacial score (nSPS) is 18.7. The van der Waals surface area contributed by atoms with Crippen molar-refractivity contribution in [3.63, 3.8) is 0 Å². The van der Waals surface area contributed by atoms with Gasteiger partial charge in [-0.15, -0.1) is 0 Å². The molecule has 94 valence electrons. The fourth-order valence-corrected chi connectivity index (χ4v) is 2.24. The lowest BCUT2D eigenvalue weighted by molar-refractivity contribution is -0.128. The topological polar surface area (TPSA) is 40.5 Å². The summed E-state index contributed by atoms with van der Waals surface area (Å²) < 4.78 is 0. The van der Waals surface area contributed by atoms with Crippen LogP contribution in [0.15, 0.2) is 24.3 Å². The third kappa shape index (κ3) is 2.91. The Balaban J connectivity index is 2.16. The van der Waals surface area contributed by atoms with Crippen molar-refractivity contribution in [1.82, 2.24) is 4.90 Å². The highest BCUT2D eigenvalue weighted by atomic mass is 16.2. The first-order valence-corrected chi connectivity index (χ1v) is 6.16. The van der Waals surface area contributed by atoms with Crippen LogP contribution in [0.3, 0.4) is 0 Å². The maximum absolute atomic E-state index is 11.8. The molecule has 1 N–H and O–H groups in total. The van der Waals surface area contributed by atoms with Crippen molar-refractivity contribution in [2.75, 3.05) is 13.2 Å². The summed E-state index contributed by atoms with van der Waals surface area (Å²) in [5.74, 6) is 6.23. The van der Waals surface area contributed by atoms with Crippen LogP contribution in [-0.4, -0.2) is 29.1 Å². The summed E-state index contributed by atoms with van der Waals surface area (Å²) in [6.07, 6.45) is 0.643. The lowest BCUT2D eigenvalue weighted by Crippen LogP contribution is -2.24. The molecule has 0 aliphatic carbocycles. The number of hydrogen-bond acceptors (Lipinski definition) is 2. The van der Waals surface area contributed by atoms with Crippen LogP contribution < -0.4 is 0 Å². The lowest BCUT2D eigenvalue weighted by Gasteiger charge is -2.17. The molecular weight excluding hydrogens is 226 g/mol. The molecule has 1 aromatic carbocycles. The Labute approximate surface area is 107 Å². The molecule has 0 spiro atoms. The first kappa shape index (κ1) is 12.7. The van der Waals surface area contributed by atoms with Gasteiger partial charge >= 0.3 is 0 Å². The van der Waals surface area contributed by atoms with E-state index in [2.05, 4.69) is 18.8 Å². The van der Waals surface area contributed by atoms with Crippen molar-refractivity contribution in [2.24, 2.45) is 5.92 Å². The van der Waals surface area contributed by atoms with Crippen molar-refractivity contribution in [3.05, 3.63) is 35.4 Å². The fraction of sp³-hybridized carbons (Fsp3) is 0.400. The molecule has 0 bridgehead atoms. The van der Waals surface area contributed by atoms with E-state index in [0.717, 1.165) is 17.7 Å². The number of aliphatic hydroxyl groups excluding tert-OH is 1. The Kier molecular flexibility index (Phi) is 4.01. The molecule has 1 aliphatic heterocycles. The van der Waals surface area contributed by atoms with Crippen LogP contribution >= 0.6 is 0 Å². The van der Waals surface area contributed by atoms with E-state index in [1.165, 1.54) is 0 Å². The third-order valence-electron chi connectivity index (χ3n) is 3.09. The van der Waals surface area contributed by atoms with Gasteiger partial charge < -0.3 is 10.0 Å². The summed E-state index contributed by atoms with van der Waals surface area (Å²) in [5.41, 5.74) is 1.93. The van der Waals surface area contributed by atoms with Gasteiger partial charge in [-0.25, -0.2) is 0 Å². The molecule has 1 saturated heterocycles. The number of likely N-dealkylation sites (tertiary alicyclic amines) is 1. The molecule has 0 aromatic heterocycles. The molecule has 1 amide bonds. The zero-order valence-electron chi connectivity index (χ0n) is 10.5. The van der Waals surface area contributed by atoms with Gasteiger partial charge in [0.25, 0.3) is 0 Å². The Morgan fingerprint density at radius 1 is 1.44 bits per heavy atom. The minimum atomic E-state index is -0.145. The van der Waals surface area contributed by atoms with E-state index in [1.807, 2.05) is 29.2 Å². The zero-order valence-corrected chi connectivity index (χ0v) is 10.5. The highest BCUT2D eigenvalue weighted by Gasteiger charge is 2.26. The highest BCUT2D eigenvalue weighted by molar-refractivity contribution is 5.78. The van der Waals surface area contributed by atoms with Gasteiger partial charge in [0.15, 0.2) is 0 Å². The predicted octanol–water partition coefficient (Wildman–Crippen LogP) is 1.40. The number of aliphatic hydroxyl groups is 1. The number of rotatable bonds is 2. The van der Waals surface area contributed by atoms with Crippen LogP contribution in [0.1, 0.15) is 24.5 Å². The van der Waals surface area contributed by atoms with Crippen molar-refractivity contribution < 1.29 is 9.90 Å². The molecule has 3 heteroatoms. The van der Waals surface area contributed by atoms with Crippen LogP contribution in [0, 0.1) is 17.8 Å². The maximum Gasteiger partial charge on any atom is 0.223 e. The molecule has 1 atom stereocenters. The SMILES string of the molecule is CC1CC(=O)N(Cc2ccccc2C#CCO)C1. The van der Waals surface area contributed by atoms with Gasteiger partial charge in [0.1, 0.15) is 6.61 Å². The van der Waals surface area contributed by atoms with E-state index in [4.69, 9.17) is 5.11 Å². The maximum atomic E-state index is 11.8. The fourth-order valence-electron chi connectivity index (χ4n) is 2.24. The van der Waals surface area contributed by atoms with E-state index in [1.54, 1.807) is 0 Å². The number of carbonyl (C=O) groups is 1. The first-order valence-electron chi connectivity index (χ1n) is 6.16. The van der Waals surface area contributed by atoms with Crippen molar-refractivity contribution in [1.29, 1.82) is 0 Å². The molecule has 1 aliphatic rings. The quantitative estimate of drug-likeness (QED) is 0.798. The van der Waals surface area contributed by atoms with Crippen molar-refractivity contribution in [3.8, 4) is 11.8 Å². The molecule has 1 fully saturated rings. The predicted molar refractivity (Wildman–Crippen MR) is 69.6 cm³/mol. The van der Waals surface area contributed by atoms with Crippen molar-refractivity contribution in [2.45, 2.75) is 19.9 Å². The summed E-state index contributed by atoms with van der Waals surface area (Å²) in [6, 6.07) is 7.77. The molecular formula is C15H17NO2. The molecule has 1 unspecified atom stereocenters. The molecule has 0 radical (unpaired) electrons. The summed E-state index contributed by atoms with van der Waals surface area (Å²) in [4.78, 5) is 13.6. The summed E-state index contributed by atoms with van der Waals surface area (Å²) in [7, 11) is 0. The van der Waals surface area contributed by atoms with Crippen LogP contribution in [-0.2, 0) is 11.3 Å². The molecule has 3 nitrogen and oxygen atoms in total. The van der Waals surface area contributed by atoms with Crippen LogP contribution in [0.4, 0.5) is 0 Å². The monoisotopic (exact) mass is 243 g/mol. The van der Waals surface area contributed by atoms with Crippen LogP contribution in [0.2, 0.25) is 0 Å². The lowest BCUT2D eigenvalue weighted by atomic mass is 10.1. The van der Waals surface area contributed by atoms with Gasteiger partial charge in [-0.1, -0.05) is 37.0 Å². The van der Waals surface area contributed by atoms with Gasteiger partial charge in [-0.05, 0) is 17.5 Å². The van der Waals surface area contributed by atoms with Crippen LogP contribution in [0.25, 0.3) is 0 Å². The summed E-state index contributed by atoms with van der Waals surface area (Å²) in [5, 5.41) is 8.74. The second kappa shape index (κ2) is 5.70. The van der Waals surface area contributed by atoms with Gasteiger partial charge in [0.2, 0.25) is 5.91 Å². The third-order valence-corrected chi connectivity index (χ3v) is 3.09. The average Bonchev–Trinajstić information content (AvgIpc) is 2.67. The smallest absolute Gasteiger partial charge is 0.223 e. The zero-order chi connectivity index (χ0) is 13.0.